The number of halogens is 3. The number of carbonyl (C=O) groups excluding carboxylic acids is 2. The highest BCUT2D eigenvalue weighted by atomic mass is 32.2. The minimum absolute atomic E-state index is 0.132. The first-order chi connectivity index (χ1) is 15.8. The number of benzene rings is 2. The van der Waals surface area contributed by atoms with Crippen LogP contribution in [-0.4, -0.2) is 47.8 Å². The van der Waals surface area contributed by atoms with Crippen LogP contribution in [0.3, 0.4) is 0 Å². The standard InChI is InChI=1S/C24H21F3N2O2S2/c25-24(26,27)20-9-3-1-7-18(20)22(30)28-11-13-29(14-12-28)23(31)19-8-2-4-10-21(19)33-16-17-6-5-15-32-17/h1-10,15H,11-14,16H2. The molecule has 1 aromatic heterocycles. The Morgan fingerprint density at radius 3 is 2.00 bits per heavy atom. The second-order valence-electron chi connectivity index (χ2n) is 7.49. The molecule has 4 nitrogen and oxygen atoms in total. The Morgan fingerprint density at radius 1 is 0.818 bits per heavy atom. The summed E-state index contributed by atoms with van der Waals surface area (Å²) in [5, 5.41) is 2.01. The lowest BCUT2D eigenvalue weighted by Gasteiger charge is -2.35. The van der Waals surface area contributed by atoms with Crippen molar-refractivity contribution in [2.45, 2.75) is 16.8 Å². The molecule has 1 aliphatic rings. The van der Waals surface area contributed by atoms with Crippen molar-refractivity contribution in [1.82, 2.24) is 9.80 Å². The second kappa shape index (κ2) is 10.0. The summed E-state index contributed by atoms with van der Waals surface area (Å²) < 4.78 is 39.9. The maximum Gasteiger partial charge on any atom is 0.417 e. The number of rotatable bonds is 5. The maximum absolute atomic E-state index is 13.3. The Labute approximate surface area is 198 Å². The summed E-state index contributed by atoms with van der Waals surface area (Å²) in [7, 11) is 0. The molecule has 2 heterocycles. The maximum atomic E-state index is 13.3. The quantitative estimate of drug-likeness (QED) is 0.434. The first-order valence-corrected chi connectivity index (χ1v) is 12.2. The van der Waals surface area contributed by atoms with Crippen molar-refractivity contribution in [2.75, 3.05) is 26.2 Å². The van der Waals surface area contributed by atoms with E-state index in [-0.39, 0.29) is 37.6 Å². The van der Waals surface area contributed by atoms with E-state index in [0.29, 0.717) is 5.56 Å². The highest BCUT2D eigenvalue weighted by molar-refractivity contribution is 7.98. The number of hydrogen-bond donors (Lipinski definition) is 0. The number of carbonyl (C=O) groups is 2. The zero-order valence-corrected chi connectivity index (χ0v) is 19.2. The number of alkyl halides is 3. The normalized spacial score (nSPS) is 14.4. The van der Waals surface area contributed by atoms with Gasteiger partial charge in [0.05, 0.1) is 16.7 Å². The Balaban J connectivity index is 1.42. The van der Waals surface area contributed by atoms with E-state index in [1.807, 2.05) is 29.6 Å². The van der Waals surface area contributed by atoms with Crippen molar-refractivity contribution in [3.8, 4) is 0 Å². The van der Waals surface area contributed by atoms with Gasteiger partial charge in [-0.3, -0.25) is 9.59 Å². The Morgan fingerprint density at radius 2 is 1.39 bits per heavy atom. The lowest BCUT2D eigenvalue weighted by Crippen LogP contribution is -2.50. The molecular weight excluding hydrogens is 469 g/mol. The summed E-state index contributed by atoms with van der Waals surface area (Å²) in [6.45, 7) is 0.897. The summed E-state index contributed by atoms with van der Waals surface area (Å²) in [5.41, 5.74) is -0.702. The predicted octanol–water partition coefficient (Wildman–Crippen LogP) is 5.66. The van der Waals surface area contributed by atoms with E-state index in [1.54, 1.807) is 34.1 Å². The minimum atomic E-state index is -4.60. The van der Waals surface area contributed by atoms with E-state index in [2.05, 4.69) is 6.07 Å². The van der Waals surface area contributed by atoms with E-state index >= 15 is 0 Å². The van der Waals surface area contributed by atoms with Crippen LogP contribution < -0.4 is 0 Å². The van der Waals surface area contributed by atoms with Gasteiger partial charge in [0, 0.05) is 41.7 Å². The van der Waals surface area contributed by atoms with Crippen molar-refractivity contribution < 1.29 is 22.8 Å². The third-order valence-corrected chi connectivity index (χ3v) is 7.57. The molecule has 0 aliphatic carbocycles. The molecule has 0 atom stereocenters. The van der Waals surface area contributed by atoms with Crippen molar-refractivity contribution >= 4 is 34.9 Å². The Kier molecular flexibility index (Phi) is 7.09. The third-order valence-electron chi connectivity index (χ3n) is 5.38. The molecule has 33 heavy (non-hydrogen) atoms. The van der Waals surface area contributed by atoms with Crippen LogP contribution in [-0.2, 0) is 11.9 Å². The molecule has 172 valence electrons. The van der Waals surface area contributed by atoms with Crippen LogP contribution in [0, 0.1) is 0 Å². The smallest absolute Gasteiger partial charge is 0.335 e. The molecule has 1 fully saturated rings. The summed E-state index contributed by atoms with van der Waals surface area (Å²) in [4.78, 5) is 31.1. The van der Waals surface area contributed by atoms with Crippen LogP contribution in [0.1, 0.15) is 31.2 Å². The molecule has 1 aliphatic heterocycles. The predicted molar refractivity (Wildman–Crippen MR) is 124 cm³/mol. The topological polar surface area (TPSA) is 40.6 Å². The van der Waals surface area contributed by atoms with Gasteiger partial charge in [-0.15, -0.1) is 23.1 Å². The van der Waals surface area contributed by atoms with Gasteiger partial charge in [-0.2, -0.15) is 13.2 Å². The molecular formula is C24H21F3N2O2S2. The first kappa shape index (κ1) is 23.4. The Hall–Kier alpha value is -2.78. The summed E-state index contributed by atoms with van der Waals surface area (Å²) in [6, 6.07) is 16.3. The highest BCUT2D eigenvalue weighted by Crippen LogP contribution is 2.33. The number of hydrogen-bond acceptors (Lipinski definition) is 4. The van der Waals surface area contributed by atoms with Gasteiger partial charge >= 0.3 is 6.18 Å². The zero-order valence-electron chi connectivity index (χ0n) is 17.5. The molecule has 3 aromatic rings. The van der Waals surface area contributed by atoms with Gasteiger partial charge in [0.2, 0.25) is 0 Å². The van der Waals surface area contributed by atoms with Crippen molar-refractivity contribution in [1.29, 1.82) is 0 Å². The van der Waals surface area contributed by atoms with E-state index in [1.165, 1.54) is 28.0 Å². The molecule has 4 rings (SSSR count). The fourth-order valence-corrected chi connectivity index (χ4v) is 5.50. The highest BCUT2D eigenvalue weighted by Gasteiger charge is 2.36. The largest absolute Gasteiger partial charge is 0.417 e. The van der Waals surface area contributed by atoms with Gasteiger partial charge in [-0.1, -0.05) is 30.3 Å². The molecule has 1 saturated heterocycles. The lowest BCUT2D eigenvalue weighted by atomic mass is 10.1. The van der Waals surface area contributed by atoms with Gasteiger partial charge in [-0.05, 0) is 35.7 Å². The van der Waals surface area contributed by atoms with Gasteiger partial charge in [-0.25, -0.2) is 0 Å². The SMILES string of the molecule is O=C(c1ccccc1SCc1cccs1)N1CCN(C(=O)c2ccccc2C(F)(F)F)CC1. The van der Waals surface area contributed by atoms with Crippen LogP contribution in [0.15, 0.2) is 70.9 Å². The van der Waals surface area contributed by atoms with Gasteiger partial charge < -0.3 is 9.80 Å². The molecule has 9 heteroatoms. The van der Waals surface area contributed by atoms with E-state index in [0.717, 1.165) is 16.7 Å². The number of piperazine rings is 1. The van der Waals surface area contributed by atoms with Crippen molar-refractivity contribution in [3.63, 3.8) is 0 Å². The van der Waals surface area contributed by atoms with Crippen LogP contribution in [0.2, 0.25) is 0 Å². The number of thioether (sulfide) groups is 1. The van der Waals surface area contributed by atoms with Crippen LogP contribution in [0.4, 0.5) is 13.2 Å². The average molecular weight is 491 g/mol. The monoisotopic (exact) mass is 490 g/mol. The van der Waals surface area contributed by atoms with Crippen LogP contribution in [0.25, 0.3) is 0 Å². The van der Waals surface area contributed by atoms with Gasteiger partial charge in [0.1, 0.15) is 0 Å². The summed E-state index contributed by atoms with van der Waals surface area (Å²) >= 11 is 3.26. The molecule has 0 spiro atoms. The molecule has 2 amide bonds. The molecule has 0 N–H and O–H groups in total. The molecule has 2 aromatic carbocycles. The number of amides is 2. The number of nitrogens with zero attached hydrogens (tertiary/aromatic N) is 2. The van der Waals surface area contributed by atoms with Gasteiger partial charge in [0.15, 0.2) is 0 Å². The summed E-state index contributed by atoms with van der Waals surface area (Å²) in [5.74, 6) is -0.0305. The van der Waals surface area contributed by atoms with E-state index < -0.39 is 17.6 Å². The van der Waals surface area contributed by atoms with Crippen molar-refractivity contribution in [2.24, 2.45) is 0 Å². The second-order valence-corrected chi connectivity index (χ2v) is 9.54. The minimum Gasteiger partial charge on any atom is -0.335 e. The average Bonchev–Trinajstić information content (AvgIpc) is 3.35. The van der Waals surface area contributed by atoms with E-state index in [4.69, 9.17) is 0 Å². The van der Waals surface area contributed by atoms with Crippen LogP contribution >= 0.6 is 23.1 Å². The third kappa shape index (κ3) is 5.42. The first-order valence-electron chi connectivity index (χ1n) is 10.3. The van der Waals surface area contributed by atoms with Crippen LogP contribution in [0.5, 0.6) is 0 Å². The fourth-order valence-electron chi connectivity index (χ4n) is 3.68. The van der Waals surface area contributed by atoms with Gasteiger partial charge in [0.25, 0.3) is 11.8 Å². The zero-order chi connectivity index (χ0) is 23.4. The fraction of sp³-hybridized carbons (Fsp3) is 0.250. The molecule has 0 bridgehead atoms. The molecule has 0 unspecified atom stereocenters. The van der Waals surface area contributed by atoms with E-state index in [9.17, 15) is 22.8 Å². The van der Waals surface area contributed by atoms with Crippen molar-refractivity contribution in [3.05, 3.63) is 87.6 Å². The molecule has 0 saturated carbocycles. The Bertz CT molecular complexity index is 1120. The lowest BCUT2D eigenvalue weighted by molar-refractivity contribution is -0.138. The molecule has 0 radical (unpaired) electrons. The summed E-state index contributed by atoms with van der Waals surface area (Å²) in [6.07, 6.45) is -4.60. The number of thiophene rings is 1.